The second kappa shape index (κ2) is 5.53. The molecule has 0 heterocycles. The summed E-state index contributed by atoms with van der Waals surface area (Å²) < 4.78 is 13.5. The summed E-state index contributed by atoms with van der Waals surface area (Å²) in [6.45, 7) is 3.94. The lowest BCUT2D eigenvalue weighted by Gasteiger charge is -2.15. The first kappa shape index (κ1) is 13.1. The molecule has 0 saturated carbocycles. The zero-order valence-corrected chi connectivity index (χ0v) is 11.3. The molecule has 1 atom stereocenters. The number of halogens is 2. The van der Waals surface area contributed by atoms with E-state index in [1.165, 1.54) is 6.07 Å². The number of hydrogen-bond donors (Lipinski definition) is 0. The van der Waals surface area contributed by atoms with Gasteiger partial charge in [-0.25, -0.2) is 4.39 Å². The molecule has 2 heteroatoms. The average molecular weight is 263 g/mol. The van der Waals surface area contributed by atoms with Gasteiger partial charge in [-0.2, -0.15) is 0 Å². The van der Waals surface area contributed by atoms with Crippen LogP contribution in [0.5, 0.6) is 0 Å². The zero-order valence-electron chi connectivity index (χ0n) is 10.6. The number of benzene rings is 2. The maximum atomic E-state index is 13.5. The highest BCUT2D eigenvalue weighted by atomic mass is 35.5. The van der Waals surface area contributed by atoms with E-state index in [2.05, 4.69) is 6.92 Å². The van der Waals surface area contributed by atoms with Gasteiger partial charge in [0, 0.05) is 5.02 Å². The molecule has 0 radical (unpaired) electrons. The first-order valence-corrected chi connectivity index (χ1v) is 6.46. The van der Waals surface area contributed by atoms with Gasteiger partial charge >= 0.3 is 0 Å². The van der Waals surface area contributed by atoms with E-state index in [0.717, 1.165) is 28.1 Å². The highest BCUT2D eigenvalue weighted by Gasteiger charge is 2.12. The minimum absolute atomic E-state index is 0.140. The van der Waals surface area contributed by atoms with Gasteiger partial charge in [0.2, 0.25) is 0 Å². The lowest BCUT2D eigenvalue weighted by molar-refractivity contribution is 0.612. The smallest absolute Gasteiger partial charge is 0.126 e. The lowest BCUT2D eigenvalue weighted by Crippen LogP contribution is -2.02. The summed E-state index contributed by atoms with van der Waals surface area (Å²) >= 11 is 6.18. The van der Waals surface area contributed by atoms with Crippen molar-refractivity contribution < 1.29 is 4.39 Å². The van der Waals surface area contributed by atoms with Crippen LogP contribution in [0.25, 0.3) is 0 Å². The SMILES string of the molecule is Cc1c(F)cccc1CC(C)c1ccccc1Cl. The molecular weight excluding hydrogens is 247 g/mol. The molecule has 0 amide bonds. The van der Waals surface area contributed by atoms with Gasteiger partial charge in [-0.05, 0) is 48.1 Å². The highest BCUT2D eigenvalue weighted by molar-refractivity contribution is 6.31. The summed E-state index contributed by atoms with van der Waals surface area (Å²) in [4.78, 5) is 0. The monoisotopic (exact) mass is 262 g/mol. The Labute approximate surface area is 112 Å². The van der Waals surface area contributed by atoms with E-state index in [1.807, 2.05) is 37.3 Å². The van der Waals surface area contributed by atoms with Crippen LogP contribution >= 0.6 is 11.6 Å². The van der Waals surface area contributed by atoms with Crippen LogP contribution in [0.15, 0.2) is 42.5 Å². The van der Waals surface area contributed by atoms with Gasteiger partial charge in [0.05, 0.1) is 0 Å². The van der Waals surface area contributed by atoms with Crippen LogP contribution in [0, 0.1) is 12.7 Å². The summed E-state index contributed by atoms with van der Waals surface area (Å²) in [5.41, 5.74) is 2.89. The standard InChI is InChI=1S/C16H16ClF/c1-11(14-7-3-4-8-15(14)17)10-13-6-5-9-16(18)12(13)2/h3-9,11H,10H2,1-2H3. The van der Waals surface area contributed by atoms with E-state index in [-0.39, 0.29) is 11.7 Å². The van der Waals surface area contributed by atoms with Crippen molar-refractivity contribution in [1.29, 1.82) is 0 Å². The molecule has 0 bridgehead atoms. The van der Waals surface area contributed by atoms with E-state index in [9.17, 15) is 4.39 Å². The maximum absolute atomic E-state index is 13.5. The summed E-state index contributed by atoms with van der Waals surface area (Å²) in [7, 11) is 0. The minimum atomic E-state index is -0.140. The molecule has 2 aromatic rings. The topological polar surface area (TPSA) is 0 Å². The van der Waals surface area contributed by atoms with Crippen LogP contribution in [-0.2, 0) is 6.42 Å². The van der Waals surface area contributed by atoms with E-state index in [1.54, 1.807) is 6.07 Å². The summed E-state index contributed by atoms with van der Waals surface area (Å²) in [6, 6.07) is 13.1. The van der Waals surface area contributed by atoms with Crippen molar-refractivity contribution >= 4 is 11.6 Å². The molecule has 0 nitrogen and oxygen atoms in total. The van der Waals surface area contributed by atoms with Crippen molar-refractivity contribution in [3.05, 3.63) is 70.0 Å². The third kappa shape index (κ3) is 2.73. The second-order valence-corrected chi connectivity index (χ2v) is 5.06. The maximum Gasteiger partial charge on any atom is 0.126 e. The molecule has 0 aliphatic carbocycles. The fourth-order valence-electron chi connectivity index (χ4n) is 2.19. The fraction of sp³-hybridized carbons (Fsp3) is 0.250. The Bertz CT molecular complexity index is 549. The van der Waals surface area contributed by atoms with Gasteiger partial charge in [-0.15, -0.1) is 0 Å². The van der Waals surface area contributed by atoms with Crippen LogP contribution in [0.2, 0.25) is 5.02 Å². The van der Waals surface area contributed by atoms with Crippen molar-refractivity contribution in [2.45, 2.75) is 26.2 Å². The van der Waals surface area contributed by atoms with E-state index >= 15 is 0 Å². The van der Waals surface area contributed by atoms with Crippen molar-refractivity contribution in [3.8, 4) is 0 Å². The Morgan fingerprint density at radius 3 is 2.56 bits per heavy atom. The highest BCUT2D eigenvalue weighted by Crippen LogP contribution is 2.28. The van der Waals surface area contributed by atoms with Crippen molar-refractivity contribution in [3.63, 3.8) is 0 Å². The predicted molar refractivity (Wildman–Crippen MR) is 74.7 cm³/mol. The number of rotatable bonds is 3. The summed E-state index contributed by atoms with van der Waals surface area (Å²) in [6.07, 6.45) is 0.799. The van der Waals surface area contributed by atoms with Crippen LogP contribution in [-0.4, -0.2) is 0 Å². The van der Waals surface area contributed by atoms with Crippen molar-refractivity contribution in [1.82, 2.24) is 0 Å². The molecule has 0 aliphatic rings. The van der Waals surface area contributed by atoms with Gasteiger partial charge in [0.15, 0.2) is 0 Å². The van der Waals surface area contributed by atoms with Gasteiger partial charge in [0.1, 0.15) is 5.82 Å². The largest absolute Gasteiger partial charge is 0.207 e. The van der Waals surface area contributed by atoms with Gasteiger partial charge in [-0.1, -0.05) is 48.9 Å². The van der Waals surface area contributed by atoms with E-state index < -0.39 is 0 Å². The van der Waals surface area contributed by atoms with Crippen LogP contribution in [0.4, 0.5) is 4.39 Å². The normalized spacial score (nSPS) is 12.4. The average Bonchev–Trinajstić information content (AvgIpc) is 2.35. The molecule has 0 aromatic heterocycles. The molecule has 0 saturated heterocycles. The van der Waals surface area contributed by atoms with Crippen LogP contribution < -0.4 is 0 Å². The van der Waals surface area contributed by atoms with Crippen LogP contribution in [0.1, 0.15) is 29.5 Å². The third-order valence-corrected chi connectivity index (χ3v) is 3.69. The third-order valence-electron chi connectivity index (χ3n) is 3.34. The van der Waals surface area contributed by atoms with E-state index in [0.29, 0.717) is 0 Å². The molecule has 0 N–H and O–H groups in total. The zero-order chi connectivity index (χ0) is 13.1. The molecule has 0 aliphatic heterocycles. The summed E-state index contributed by atoms with van der Waals surface area (Å²) in [5.74, 6) is 0.137. The molecule has 18 heavy (non-hydrogen) atoms. The van der Waals surface area contributed by atoms with Crippen molar-refractivity contribution in [2.75, 3.05) is 0 Å². The lowest BCUT2D eigenvalue weighted by atomic mass is 9.91. The first-order chi connectivity index (χ1) is 8.59. The van der Waals surface area contributed by atoms with Gasteiger partial charge < -0.3 is 0 Å². The molecule has 1 unspecified atom stereocenters. The molecule has 94 valence electrons. The minimum Gasteiger partial charge on any atom is -0.207 e. The Kier molecular flexibility index (Phi) is 4.03. The Morgan fingerprint density at radius 2 is 1.83 bits per heavy atom. The van der Waals surface area contributed by atoms with Crippen molar-refractivity contribution in [2.24, 2.45) is 0 Å². The van der Waals surface area contributed by atoms with Gasteiger partial charge in [-0.3, -0.25) is 0 Å². The Balaban J connectivity index is 2.24. The molecular formula is C16H16ClF. The Hall–Kier alpha value is -1.34. The quantitative estimate of drug-likeness (QED) is 0.719. The molecule has 0 spiro atoms. The Morgan fingerprint density at radius 1 is 1.11 bits per heavy atom. The first-order valence-electron chi connectivity index (χ1n) is 6.08. The van der Waals surface area contributed by atoms with Gasteiger partial charge in [0.25, 0.3) is 0 Å². The predicted octanol–water partition coefficient (Wildman–Crippen LogP) is 5.13. The fourth-order valence-corrected chi connectivity index (χ4v) is 2.51. The van der Waals surface area contributed by atoms with E-state index in [4.69, 9.17) is 11.6 Å². The number of hydrogen-bond acceptors (Lipinski definition) is 0. The molecule has 2 aromatic carbocycles. The second-order valence-electron chi connectivity index (χ2n) is 4.65. The molecule has 0 fully saturated rings. The summed E-state index contributed by atoms with van der Waals surface area (Å²) in [5, 5.41) is 0.777. The molecule has 2 rings (SSSR count). The van der Waals surface area contributed by atoms with Crippen LogP contribution in [0.3, 0.4) is 0 Å².